The second-order valence-electron chi connectivity index (χ2n) is 6.46. The van der Waals surface area contributed by atoms with Gasteiger partial charge in [-0.2, -0.15) is 0 Å². The molecular weight excluding hydrogens is 293 g/mol. The maximum Gasteiger partial charge on any atom is 0.254 e. The Morgan fingerprint density at radius 2 is 1.74 bits per heavy atom. The van der Waals surface area contributed by atoms with Gasteiger partial charge in [0.1, 0.15) is 5.82 Å². The molecular formula is C19H18FNO2. The van der Waals surface area contributed by atoms with E-state index in [0.29, 0.717) is 35.7 Å². The Hall–Kier alpha value is -2.20. The molecule has 1 amide bonds. The Morgan fingerprint density at radius 3 is 2.43 bits per heavy atom. The molecule has 2 fully saturated rings. The summed E-state index contributed by atoms with van der Waals surface area (Å²) in [6, 6.07) is 13.7. The van der Waals surface area contributed by atoms with Gasteiger partial charge < -0.3 is 10.0 Å². The Labute approximate surface area is 134 Å². The second kappa shape index (κ2) is 5.46. The molecule has 0 aromatic heterocycles. The highest BCUT2D eigenvalue weighted by Gasteiger charge is 2.47. The molecule has 0 spiro atoms. The molecule has 1 aliphatic carbocycles. The summed E-state index contributed by atoms with van der Waals surface area (Å²) in [6.45, 7) is 1.28. The highest BCUT2D eigenvalue weighted by Crippen LogP contribution is 2.41. The first-order chi connectivity index (χ1) is 11.1. The molecule has 4 heteroatoms. The van der Waals surface area contributed by atoms with E-state index in [1.165, 1.54) is 6.07 Å². The van der Waals surface area contributed by atoms with E-state index in [4.69, 9.17) is 0 Å². The monoisotopic (exact) mass is 311 g/mol. The predicted octanol–water partition coefficient (Wildman–Crippen LogP) is 2.95. The van der Waals surface area contributed by atoms with Crippen LogP contribution in [0.2, 0.25) is 0 Å². The summed E-state index contributed by atoms with van der Waals surface area (Å²) in [5, 5.41) is 9.77. The molecule has 1 N–H and O–H groups in total. The number of nitrogens with zero attached hydrogens (tertiary/aromatic N) is 1. The molecule has 1 saturated carbocycles. The highest BCUT2D eigenvalue weighted by atomic mass is 19.1. The molecule has 2 aromatic carbocycles. The summed E-state index contributed by atoms with van der Waals surface area (Å²) in [7, 11) is 0. The van der Waals surface area contributed by atoms with Gasteiger partial charge in [0.05, 0.1) is 6.10 Å². The van der Waals surface area contributed by atoms with E-state index >= 15 is 0 Å². The van der Waals surface area contributed by atoms with Gasteiger partial charge in [-0.15, -0.1) is 0 Å². The molecule has 3 nitrogen and oxygen atoms in total. The molecule has 23 heavy (non-hydrogen) atoms. The van der Waals surface area contributed by atoms with Crippen LogP contribution in [0.5, 0.6) is 0 Å². The van der Waals surface area contributed by atoms with Gasteiger partial charge in [0.25, 0.3) is 5.91 Å². The number of benzene rings is 2. The van der Waals surface area contributed by atoms with Crippen LogP contribution in [-0.4, -0.2) is 35.1 Å². The average Bonchev–Trinajstić information content (AvgIpc) is 2.92. The largest absolute Gasteiger partial charge is 0.393 e. The van der Waals surface area contributed by atoms with E-state index < -0.39 is 0 Å². The third-order valence-corrected chi connectivity index (χ3v) is 5.14. The van der Waals surface area contributed by atoms with E-state index in [1.54, 1.807) is 41.3 Å². The Kier molecular flexibility index (Phi) is 3.42. The normalized spacial score (nSPS) is 25.8. The first kappa shape index (κ1) is 14.4. The van der Waals surface area contributed by atoms with Gasteiger partial charge >= 0.3 is 0 Å². The molecule has 2 aromatic rings. The van der Waals surface area contributed by atoms with Crippen LogP contribution in [-0.2, 0) is 0 Å². The quantitative estimate of drug-likeness (QED) is 0.926. The maximum absolute atomic E-state index is 14.1. The lowest BCUT2D eigenvalue weighted by atomic mass is 9.74. The van der Waals surface area contributed by atoms with Crippen molar-refractivity contribution in [3.8, 4) is 11.1 Å². The molecule has 0 bridgehead atoms. The van der Waals surface area contributed by atoms with Crippen molar-refractivity contribution in [2.75, 3.05) is 13.1 Å². The fourth-order valence-corrected chi connectivity index (χ4v) is 3.79. The van der Waals surface area contributed by atoms with E-state index in [1.807, 2.05) is 6.07 Å². The molecule has 4 rings (SSSR count). The molecule has 0 unspecified atom stereocenters. The maximum atomic E-state index is 14.1. The van der Waals surface area contributed by atoms with Crippen molar-refractivity contribution >= 4 is 5.91 Å². The molecule has 1 heterocycles. The zero-order chi connectivity index (χ0) is 16.0. The highest BCUT2D eigenvalue weighted by molar-refractivity contribution is 6.01. The van der Waals surface area contributed by atoms with Gasteiger partial charge in [0.15, 0.2) is 0 Å². The van der Waals surface area contributed by atoms with E-state index in [9.17, 15) is 14.3 Å². The van der Waals surface area contributed by atoms with Crippen molar-refractivity contribution < 1.29 is 14.3 Å². The number of amides is 1. The van der Waals surface area contributed by atoms with E-state index in [2.05, 4.69) is 0 Å². The van der Waals surface area contributed by atoms with E-state index in [0.717, 1.165) is 6.42 Å². The van der Waals surface area contributed by atoms with Crippen molar-refractivity contribution in [3.63, 3.8) is 0 Å². The van der Waals surface area contributed by atoms with Crippen LogP contribution in [0, 0.1) is 17.7 Å². The number of hydrogen-bond donors (Lipinski definition) is 1. The Balaban J connectivity index is 1.67. The van der Waals surface area contributed by atoms with Gasteiger partial charge in [0, 0.05) is 30.1 Å². The Bertz CT molecular complexity index is 761. The van der Waals surface area contributed by atoms with Crippen LogP contribution in [0.25, 0.3) is 11.1 Å². The van der Waals surface area contributed by atoms with Crippen LogP contribution in [0.3, 0.4) is 0 Å². The lowest BCUT2D eigenvalue weighted by Crippen LogP contribution is -2.39. The summed E-state index contributed by atoms with van der Waals surface area (Å²) in [5.74, 6) is 0.212. The number of rotatable bonds is 2. The minimum Gasteiger partial charge on any atom is -0.393 e. The summed E-state index contributed by atoms with van der Waals surface area (Å²) < 4.78 is 14.1. The number of halogens is 1. The van der Waals surface area contributed by atoms with Crippen molar-refractivity contribution in [2.24, 2.45) is 11.8 Å². The molecule has 118 valence electrons. The molecule has 2 aliphatic rings. The molecule has 1 saturated heterocycles. The number of carbonyl (C=O) groups is 1. The van der Waals surface area contributed by atoms with Crippen LogP contribution >= 0.6 is 0 Å². The van der Waals surface area contributed by atoms with Crippen LogP contribution < -0.4 is 0 Å². The topological polar surface area (TPSA) is 40.5 Å². The fraction of sp³-hybridized carbons (Fsp3) is 0.316. The third-order valence-electron chi connectivity index (χ3n) is 5.14. The number of fused-ring (bicyclic) bond motifs is 1. The number of aliphatic hydroxyl groups is 1. The summed E-state index contributed by atoms with van der Waals surface area (Å²) in [5.41, 5.74) is 1.59. The van der Waals surface area contributed by atoms with Gasteiger partial charge in [-0.25, -0.2) is 4.39 Å². The predicted molar refractivity (Wildman–Crippen MR) is 85.3 cm³/mol. The minimum atomic E-state index is -0.329. The summed E-state index contributed by atoms with van der Waals surface area (Å²) >= 11 is 0. The summed E-state index contributed by atoms with van der Waals surface area (Å²) in [4.78, 5) is 14.7. The fourth-order valence-electron chi connectivity index (χ4n) is 3.79. The van der Waals surface area contributed by atoms with Crippen molar-refractivity contribution in [2.45, 2.75) is 12.5 Å². The second-order valence-corrected chi connectivity index (χ2v) is 6.46. The number of likely N-dealkylation sites (tertiary alicyclic amines) is 1. The zero-order valence-corrected chi connectivity index (χ0v) is 12.7. The number of hydrogen-bond acceptors (Lipinski definition) is 2. The van der Waals surface area contributed by atoms with Crippen molar-refractivity contribution in [1.29, 1.82) is 0 Å². The van der Waals surface area contributed by atoms with Crippen LogP contribution in [0.15, 0.2) is 48.5 Å². The van der Waals surface area contributed by atoms with Gasteiger partial charge in [-0.05, 0) is 30.0 Å². The first-order valence-electron chi connectivity index (χ1n) is 7.96. The molecule has 1 aliphatic heterocycles. The number of aliphatic hydroxyl groups excluding tert-OH is 1. The van der Waals surface area contributed by atoms with Gasteiger partial charge in [0.2, 0.25) is 0 Å². The SMILES string of the molecule is O=C(c1ccccc1-c1ccccc1F)N1C[C@H]2C[C@@H](O)[C@H]2C1. The average molecular weight is 311 g/mol. The van der Waals surface area contributed by atoms with Crippen molar-refractivity contribution in [1.82, 2.24) is 4.90 Å². The lowest BCUT2D eigenvalue weighted by Gasteiger charge is -2.34. The van der Waals surface area contributed by atoms with Crippen LogP contribution in [0.4, 0.5) is 4.39 Å². The zero-order valence-electron chi connectivity index (χ0n) is 12.7. The number of carbonyl (C=O) groups excluding carboxylic acids is 1. The van der Waals surface area contributed by atoms with Crippen LogP contribution in [0.1, 0.15) is 16.8 Å². The standard InChI is InChI=1S/C19H18FNO2/c20-17-8-4-3-6-14(17)13-5-1-2-7-15(13)19(23)21-10-12-9-18(22)16(12)11-21/h1-8,12,16,18,22H,9-11H2/t12-,16+,18-/m1/s1. The van der Waals surface area contributed by atoms with Gasteiger partial charge in [-0.1, -0.05) is 36.4 Å². The van der Waals surface area contributed by atoms with Gasteiger partial charge in [-0.3, -0.25) is 4.79 Å². The minimum absolute atomic E-state index is 0.0783. The summed E-state index contributed by atoms with van der Waals surface area (Å²) in [6.07, 6.45) is 0.503. The Morgan fingerprint density at radius 1 is 1.04 bits per heavy atom. The smallest absolute Gasteiger partial charge is 0.254 e. The first-order valence-corrected chi connectivity index (χ1v) is 7.96. The third kappa shape index (κ3) is 2.34. The molecule has 0 radical (unpaired) electrons. The molecule has 3 atom stereocenters. The lowest BCUT2D eigenvalue weighted by molar-refractivity contribution is -0.00426. The van der Waals surface area contributed by atoms with E-state index in [-0.39, 0.29) is 23.7 Å². The van der Waals surface area contributed by atoms with Crippen molar-refractivity contribution in [3.05, 3.63) is 59.9 Å².